The van der Waals surface area contributed by atoms with E-state index in [0.717, 1.165) is 19.6 Å². The Hall–Kier alpha value is -1.75. The summed E-state index contributed by atoms with van der Waals surface area (Å²) in [4.78, 5) is 2.27. The first-order chi connectivity index (χ1) is 8.72. The number of benzene rings is 1. The van der Waals surface area contributed by atoms with E-state index in [-0.39, 0.29) is 5.84 Å². The quantitative estimate of drug-likeness (QED) is 0.333. The van der Waals surface area contributed by atoms with Gasteiger partial charge in [-0.3, -0.25) is 0 Å². The second kappa shape index (κ2) is 7.55. The van der Waals surface area contributed by atoms with Crippen LogP contribution < -0.4 is 10.5 Å². The molecule has 0 aliphatic rings. The molecule has 0 atom stereocenters. The zero-order valence-electron chi connectivity index (χ0n) is 11.0. The fraction of sp³-hybridized carbons (Fsp3) is 0.462. The molecule has 0 spiro atoms. The summed E-state index contributed by atoms with van der Waals surface area (Å²) in [5, 5.41) is 11.7. The molecule has 0 amide bonds. The molecule has 0 radical (unpaired) electrons. The Balaban J connectivity index is 2.62. The maximum Gasteiger partial charge on any atom is 0.173 e. The lowest BCUT2D eigenvalue weighted by Crippen LogP contribution is -2.28. The monoisotopic (exact) mass is 251 g/mol. The smallest absolute Gasteiger partial charge is 0.173 e. The van der Waals surface area contributed by atoms with Gasteiger partial charge in [0.05, 0.1) is 5.56 Å². The number of para-hydroxylation sites is 1. The number of ether oxygens (including phenoxy) is 1. The van der Waals surface area contributed by atoms with Crippen LogP contribution in [0.15, 0.2) is 29.4 Å². The summed E-state index contributed by atoms with van der Waals surface area (Å²) < 4.78 is 5.68. The maximum atomic E-state index is 8.70. The fourth-order valence-electron chi connectivity index (χ4n) is 1.68. The summed E-state index contributed by atoms with van der Waals surface area (Å²) in [7, 11) is 0. The van der Waals surface area contributed by atoms with Crippen molar-refractivity contribution < 1.29 is 9.94 Å². The molecule has 1 rings (SSSR count). The van der Waals surface area contributed by atoms with Gasteiger partial charge in [-0.1, -0.05) is 31.1 Å². The van der Waals surface area contributed by atoms with Crippen molar-refractivity contribution in [2.24, 2.45) is 10.9 Å². The molecular weight excluding hydrogens is 230 g/mol. The van der Waals surface area contributed by atoms with Crippen molar-refractivity contribution in [1.82, 2.24) is 4.90 Å². The molecule has 0 unspecified atom stereocenters. The normalized spacial score (nSPS) is 11.8. The molecule has 5 heteroatoms. The molecule has 18 heavy (non-hydrogen) atoms. The first-order valence-electron chi connectivity index (χ1n) is 6.15. The SMILES string of the molecule is CCN(CC)CCOc1ccccc1/C(N)=N/O. The van der Waals surface area contributed by atoms with Crippen LogP contribution in [0.3, 0.4) is 0 Å². The lowest BCUT2D eigenvalue weighted by atomic mass is 10.2. The maximum absolute atomic E-state index is 8.70. The number of likely N-dealkylation sites (N-methyl/N-ethyl adjacent to an activating group) is 1. The highest BCUT2D eigenvalue weighted by atomic mass is 16.5. The molecule has 0 saturated carbocycles. The van der Waals surface area contributed by atoms with Crippen LogP contribution in [-0.4, -0.2) is 42.2 Å². The van der Waals surface area contributed by atoms with E-state index in [1.807, 2.05) is 18.2 Å². The Morgan fingerprint density at radius 2 is 2.00 bits per heavy atom. The van der Waals surface area contributed by atoms with Crippen LogP contribution >= 0.6 is 0 Å². The first kappa shape index (κ1) is 14.3. The summed E-state index contributed by atoms with van der Waals surface area (Å²) in [5.41, 5.74) is 6.20. The Morgan fingerprint density at radius 3 is 2.61 bits per heavy atom. The third-order valence-corrected chi connectivity index (χ3v) is 2.83. The van der Waals surface area contributed by atoms with E-state index in [4.69, 9.17) is 15.7 Å². The van der Waals surface area contributed by atoms with E-state index in [1.54, 1.807) is 6.07 Å². The third kappa shape index (κ3) is 3.92. The molecule has 3 N–H and O–H groups in total. The minimum atomic E-state index is 0.0634. The van der Waals surface area contributed by atoms with Crippen molar-refractivity contribution in [2.75, 3.05) is 26.2 Å². The molecule has 0 aromatic heterocycles. The van der Waals surface area contributed by atoms with E-state index in [1.165, 1.54) is 0 Å². The van der Waals surface area contributed by atoms with Gasteiger partial charge < -0.3 is 20.6 Å². The summed E-state index contributed by atoms with van der Waals surface area (Å²) in [6.07, 6.45) is 0. The van der Waals surface area contributed by atoms with Crippen molar-refractivity contribution >= 4 is 5.84 Å². The van der Waals surface area contributed by atoms with Crippen molar-refractivity contribution in [2.45, 2.75) is 13.8 Å². The molecule has 0 aliphatic carbocycles. The minimum absolute atomic E-state index is 0.0634. The van der Waals surface area contributed by atoms with E-state index >= 15 is 0 Å². The summed E-state index contributed by atoms with van der Waals surface area (Å²) in [6, 6.07) is 7.27. The summed E-state index contributed by atoms with van der Waals surface area (Å²) in [6.45, 7) is 7.68. The largest absolute Gasteiger partial charge is 0.491 e. The lowest BCUT2D eigenvalue weighted by Gasteiger charge is -2.18. The van der Waals surface area contributed by atoms with Crippen LogP contribution in [0.2, 0.25) is 0 Å². The highest BCUT2D eigenvalue weighted by molar-refractivity contribution is 5.99. The number of hydrogen-bond acceptors (Lipinski definition) is 4. The summed E-state index contributed by atoms with van der Waals surface area (Å²) >= 11 is 0. The molecular formula is C13H21N3O2. The van der Waals surface area contributed by atoms with E-state index in [9.17, 15) is 0 Å². The Labute approximate surface area is 108 Å². The van der Waals surface area contributed by atoms with Gasteiger partial charge >= 0.3 is 0 Å². The first-order valence-corrected chi connectivity index (χ1v) is 6.15. The number of nitrogens with two attached hydrogens (primary N) is 1. The number of nitrogens with zero attached hydrogens (tertiary/aromatic N) is 2. The van der Waals surface area contributed by atoms with Gasteiger partial charge in [-0.25, -0.2) is 0 Å². The number of amidine groups is 1. The van der Waals surface area contributed by atoms with E-state index in [2.05, 4.69) is 23.9 Å². The number of rotatable bonds is 7. The van der Waals surface area contributed by atoms with E-state index in [0.29, 0.717) is 17.9 Å². The van der Waals surface area contributed by atoms with Gasteiger partial charge in [-0.05, 0) is 25.2 Å². The molecule has 1 aromatic rings. The molecule has 5 nitrogen and oxygen atoms in total. The van der Waals surface area contributed by atoms with Crippen molar-refractivity contribution in [3.8, 4) is 5.75 Å². The van der Waals surface area contributed by atoms with Gasteiger partial charge in [0.15, 0.2) is 5.84 Å². The van der Waals surface area contributed by atoms with Gasteiger partial charge in [0.1, 0.15) is 12.4 Å². The van der Waals surface area contributed by atoms with Gasteiger partial charge in [-0.15, -0.1) is 0 Å². The third-order valence-electron chi connectivity index (χ3n) is 2.83. The molecule has 0 heterocycles. The minimum Gasteiger partial charge on any atom is -0.491 e. The van der Waals surface area contributed by atoms with Gasteiger partial charge in [-0.2, -0.15) is 0 Å². The van der Waals surface area contributed by atoms with Gasteiger partial charge in [0.2, 0.25) is 0 Å². The van der Waals surface area contributed by atoms with Gasteiger partial charge in [0, 0.05) is 6.54 Å². The highest BCUT2D eigenvalue weighted by Gasteiger charge is 2.07. The van der Waals surface area contributed by atoms with E-state index < -0.39 is 0 Å². The second-order valence-corrected chi connectivity index (χ2v) is 3.86. The molecule has 100 valence electrons. The summed E-state index contributed by atoms with van der Waals surface area (Å²) in [5.74, 6) is 0.702. The second-order valence-electron chi connectivity index (χ2n) is 3.86. The number of hydrogen-bond donors (Lipinski definition) is 2. The zero-order chi connectivity index (χ0) is 13.4. The Bertz CT molecular complexity index is 390. The topological polar surface area (TPSA) is 71.1 Å². The standard InChI is InChI=1S/C13H21N3O2/c1-3-16(4-2)9-10-18-12-8-6-5-7-11(12)13(14)15-17/h5-8,17H,3-4,9-10H2,1-2H3,(H2,14,15). The van der Waals surface area contributed by atoms with Crippen LogP contribution in [0.4, 0.5) is 0 Å². The highest BCUT2D eigenvalue weighted by Crippen LogP contribution is 2.17. The van der Waals surface area contributed by atoms with Crippen molar-refractivity contribution in [1.29, 1.82) is 0 Å². The molecule has 0 aliphatic heterocycles. The molecule has 1 aromatic carbocycles. The lowest BCUT2D eigenvalue weighted by molar-refractivity contribution is 0.222. The average molecular weight is 251 g/mol. The van der Waals surface area contributed by atoms with Gasteiger partial charge in [0.25, 0.3) is 0 Å². The van der Waals surface area contributed by atoms with Crippen LogP contribution in [0.25, 0.3) is 0 Å². The molecule has 0 bridgehead atoms. The fourth-order valence-corrected chi connectivity index (χ4v) is 1.68. The zero-order valence-corrected chi connectivity index (χ0v) is 11.0. The van der Waals surface area contributed by atoms with Crippen LogP contribution in [0.5, 0.6) is 5.75 Å². The van der Waals surface area contributed by atoms with Crippen molar-refractivity contribution in [3.63, 3.8) is 0 Å². The van der Waals surface area contributed by atoms with Crippen LogP contribution in [0.1, 0.15) is 19.4 Å². The number of oxime groups is 1. The Morgan fingerprint density at radius 1 is 1.33 bits per heavy atom. The van der Waals surface area contributed by atoms with Crippen LogP contribution in [-0.2, 0) is 0 Å². The molecule has 0 saturated heterocycles. The molecule has 0 fully saturated rings. The predicted octanol–water partition coefficient (Wildman–Crippen LogP) is 1.50. The predicted molar refractivity (Wildman–Crippen MR) is 72.2 cm³/mol. The van der Waals surface area contributed by atoms with Crippen molar-refractivity contribution in [3.05, 3.63) is 29.8 Å². The van der Waals surface area contributed by atoms with Crippen LogP contribution in [0, 0.1) is 0 Å². The average Bonchev–Trinajstić information content (AvgIpc) is 2.43. The Kier molecular flexibility index (Phi) is 6.00.